The smallest absolute Gasteiger partial charge is 0.223 e. The van der Waals surface area contributed by atoms with Crippen LogP contribution in [0.2, 0.25) is 0 Å². The Morgan fingerprint density at radius 3 is 2.95 bits per heavy atom. The van der Waals surface area contributed by atoms with Crippen LogP contribution in [0.15, 0.2) is 41.6 Å². The van der Waals surface area contributed by atoms with Gasteiger partial charge in [0.25, 0.3) is 0 Å². The topological polar surface area (TPSA) is 37.8 Å². The molecule has 0 radical (unpaired) electrons. The normalized spacial score (nSPS) is 10.4. The molecule has 19 heavy (non-hydrogen) atoms. The Balaban J connectivity index is 1.95. The first-order chi connectivity index (χ1) is 9.28. The summed E-state index contributed by atoms with van der Waals surface area (Å²) in [4.78, 5) is 8.70. The van der Waals surface area contributed by atoms with Gasteiger partial charge in [0.2, 0.25) is 5.95 Å². The van der Waals surface area contributed by atoms with Gasteiger partial charge in [-0.05, 0) is 25.0 Å². The maximum Gasteiger partial charge on any atom is 0.223 e. The van der Waals surface area contributed by atoms with Crippen LogP contribution in [0.25, 0.3) is 0 Å². The molecule has 0 saturated heterocycles. The van der Waals surface area contributed by atoms with Crippen molar-refractivity contribution >= 4 is 17.7 Å². The predicted octanol–water partition coefficient (Wildman–Crippen LogP) is 3.90. The average Bonchev–Trinajstić information content (AvgIpc) is 2.43. The molecule has 1 aromatic heterocycles. The fraction of sp³-hybridized carbons (Fsp3) is 0.333. The van der Waals surface area contributed by atoms with Crippen molar-refractivity contribution in [3.8, 4) is 0 Å². The maximum absolute atomic E-state index is 4.49. The Labute approximate surface area is 118 Å². The molecule has 0 aliphatic heterocycles. The van der Waals surface area contributed by atoms with Crippen molar-refractivity contribution in [2.75, 3.05) is 11.9 Å². The Morgan fingerprint density at radius 1 is 1.26 bits per heavy atom. The highest BCUT2D eigenvalue weighted by atomic mass is 32.2. The first-order valence-electron chi connectivity index (χ1n) is 6.53. The fourth-order valence-corrected chi connectivity index (χ4v) is 2.51. The average molecular weight is 273 g/mol. The number of nitrogens with zero attached hydrogens (tertiary/aromatic N) is 2. The quantitative estimate of drug-likeness (QED) is 0.640. The number of hydrogen-bond acceptors (Lipinski definition) is 4. The van der Waals surface area contributed by atoms with Crippen LogP contribution in [-0.4, -0.2) is 16.5 Å². The first kappa shape index (κ1) is 13.9. The van der Waals surface area contributed by atoms with Crippen LogP contribution in [0.5, 0.6) is 0 Å². The number of nitrogens with one attached hydrogen (secondary N) is 1. The van der Waals surface area contributed by atoms with Crippen LogP contribution in [0.4, 0.5) is 5.95 Å². The lowest BCUT2D eigenvalue weighted by Gasteiger charge is -2.05. The van der Waals surface area contributed by atoms with Gasteiger partial charge in [0.05, 0.1) is 0 Å². The van der Waals surface area contributed by atoms with E-state index in [0.717, 1.165) is 29.7 Å². The third-order valence-electron chi connectivity index (χ3n) is 2.63. The van der Waals surface area contributed by atoms with E-state index in [-0.39, 0.29) is 0 Å². The summed E-state index contributed by atoms with van der Waals surface area (Å²) in [5, 5.41) is 4.22. The van der Waals surface area contributed by atoms with E-state index in [4.69, 9.17) is 0 Å². The summed E-state index contributed by atoms with van der Waals surface area (Å²) in [6.07, 6.45) is 2.88. The molecule has 0 spiro atoms. The van der Waals surface area contributed by atoms with E-state index in [1.807, 2.05) is 12.3 Å². The number of hydrogen-bond donors (Lipinski definition) is 1. The number of anilines is 1. The van der Waals surface area contributed by atoms with Gasteiger partial charge in [-0.3, -0.25) is 0 Å². The lowest BCUT2D eigenvalue weighted by Crippen LogP contribution is -2.04. The summed E-state index contributed by atoms with van der Waals surface area (Å²) in [5.74, 6) is 1.66. The fourth-order valence-electron chi connectivity index (χ4n) is 1.70. The Kier molecular flexibility index (Phi) is 5.21. The lowest BCUT2D eigenvalue weighted by atomic mass is 10.2. The summed E-state index contributed by atoms with van der Waals surface area (Å²) >= 11 is 1.74. The van der Waals surface area contributed by atoms with Crippen molar-refractivity contribution in [3.05, 3.63) is 47.7 Å². The molecule has 0 bridgehead atoms. The molecule has 1 aromatic carbocycles. The molecule has 3 nitrogen and oxygen atoms in total. The Hall–Kier alpha value is -1.55. The van der Waals surface area contributed by atoms with Gasteiger partial charge in [0, 0.05) is 18.5 Å². The highest BCUT2D eigenvalue weighted by Crippen LogP contribution is 2.21. The SMILES string of the molecule is CCCNc1nccc(SCc2cccc(C)c2)n1. The summed E-state index contributed by atoms with van der Waals surface area (Å²) in [6, 6.07) is 10.5. The van der Waals surface area contributed by atoms with Gasteiger partial charge in [0.15, 0.2) is 0 Å². The van der Waals surface area contributed by atoms with Crippen LogP contribution >= 0.6 is 11.8 Å². The first-order valence-corrected chi connectivity index (χ1v) is 7.52. The van der Waals surface area contributed by atoms with E-state index in [9.17, 15) is 0 Å². The van der Waals surface area contributed by atoms with E-state index in [1.165, 1.54) is 11.1 Å². The minimum Gasteiger partial charge on any atom is -0.354 e. The second-order valence-electron chi connectivity index (χ2n) is 4.42. The zero-order chi connectivity index (χ0) is 13.5. The van der Waals surface area contributed by atoms with Crippen molar-refractivity contribution in [2.45, 2.75) is 31.0 Å². The minimum absolute atomic E-state index is 0.719. The van der Waals surface area contributed by atoms with Crippen LogP contribution in [-0.2, 0) is 5.75 Å². The van der Waals surface area contributed by atoms with Crippen molar-refractivity contribution in [1.82, 2.24) is 9.97 Å². The summed E-state index contributed by atoms with van der Waals surface area (Å²) in [7, 11) is 0. The van der Waals surface area contributed by atoms with Crippen molar-refractivity contribution in [2.24, 2.45) is 0 Å². The number of thioether (sulfide) groups is 1. The van der Waals surface area contributed by atoms with Crippen LogP contribution < -0.4 is 5.32 Å². The molecule has 1 heterocycles. The van der Waals surface area contributed by atoms with Gasteiger partial charge < -0.3 is 5.32 Å². The number of benzene rings is 1. The Bertz CT molecular complexity index is 528. The number of aromatic nitrogens is 2. The maximum atomic E-state index is 4.49. The minimum atomic E-state index is 0.719. The molecule has 2 aromatic rings. The standard InChI is InChI=1S/C15H19N3S/c1-3-8-16-15-17-9-7-14(18-15)19-11-13-6-4-5-12(2)10-13/h4-7,9-10H,3,8,11H2,1-2H3,(H,16,17,18). The van der Waals surface area contributed by atoms with Gasteiger partial charge in [-0.1, -0.05) is 36.8 Å². The zero-order valence-electron chi connectivity index (χ0n) is 11.4. The molecule has 0 unspecified atom stereocenters. The molecule has 1 N–H and O–H groups in total. The third kappa shape index (κ3) is 4.56. The summed E-state index contributed by atoms with van der Waals surface area (Å²) in [5.41, 5.74) is 2.62. The molecule has 0 aliphatic rings. The van der Waals surface area contributed by atoms with Gasteiger partial charge in [0.1, 0.15) is 5.03 Å². The third-order valence-corrected chi connectivity index (χ3v) is 3.63. The monoisotopic (exact) mass is 273 g/mol. The van der Waals surface area contributed by atoms with Gasteiger partial charge in [-0.2, -0.15) is 0 Å². The molecule has 100 valence electrons. The van der Waals surface area contributed by atoms with Gasteiger partial charge in [-0.15, -0.1) is 11.8 Å². The highest BCUT2D eigenvalue weighted by Gasteiger charge is 2.00. The zero-order valence-corrected chi connectivity index (χ0v) is 12.2. The lowest BCUT2D eigenvalue weighted by molar-refractivity contribution is 0.935. The van der Waals surface area contributed by atoms with Crippen molar-refractivity contribution < 1.29 is 0 Å². The molecule has 0 fully saturated rings. The van der Waals surface area contributed by atoms with E-state index in [2.05, 4.69) is 53.4 Å². The molecule has 4 heteroatoms. The molecule has 0 amide bonds. The summed E-state index contributed by atoms with van der Waals surface area (Å²) < 4.78 is 0. The molecule has 0 atom stereocenters. The highest BCUT2D eigenvalue weighted by molar-refractivity contribution is 7.98. The predicted molar refractivity (Wildman–Crippen MR) is 81.6 cm³/mol. The van der Waals surface area contributed by atoms with Crippen LogP contribution in [0.3, 0.4) is 0 Å². The van der Waals surface area contributed by atoms with E-state index in [1.54, 1.807) is 11.8 Å². The molecular weight excluding hydrogens is 254 g/mol. The van der Waals surface area contributed by atoms with Gasteiger partial charge in [-0.25, -0.2) is 9.97 Å². The second-order valence-corrected chi connectivity index (χ2v) is 5.42. The molecule has 2 rings (SSSR count). The number of aryl methyl sites for hydroxylation is 1. The molecule has 0 aliphatic carbocycles. The second kappa shape index (κ2) is 7.14. The van der Waals surface area contributed by atoms with Gasteiger partial charge >= 0.3 is 0 Å². The van der Waals surface area contributed by atoms with E-state index >= 15 is 0 Å². The number of rotatable bonds is 6. The van der Waals surface area contributed by atoms with Crippen molar-refractivity contribution in [1.29, 1.82) is 0 Å². The van der Waals surface area contributed by atoms with E-state index < -0.39 is 0 Å². The summed E-state index contributed by atoms with van der Waals surface area (Å²) in [6.45, 7) is 5.15. The van der Waals surface area contributed by atoms with Crippen LogP contribution in [0, 0.1) is 6.92 Å². The van der Waals surface area contributed by atoms with Crippen LogP contribution in [0.1, 0.15) is 24.5 Å². The van der Waals surface area contributed by atoms with Crippen molar-refractivity contribution in [3.63, 3.8) is 0 Å². The largest absolute Gasteiger partial charge is 0.354 e. The van der Waals surface area contributed by atoms with E-state index in [0.29, 0.717) is 0 Å². The Morgan fingerprint density at radius 2 is 2.16 bits per heavy atom. The molecule has 0 saturated carbocycles. The molecular formula is C15H19N3S.